The minimum Gasteiger partial charge on any atom is -0.358 e. The van der Waals surface area contributed by atoms with E-state index in [0.29, 0.717) is 0 Å². The van der Waals surface area contributed by atoms with E-state index < -0.39 is 0 Å². The summed E-state index contributed by atoms with van der Waals surface area (Å²) < 4.78 is 0. The van der Waals surface area contributed by atoms with Gasteiger partial charge < -0.3 is 16.0 Å². The lowest BCUT2D eigenvalue weighted by Gasteiger charge is -2.24. The molecule has 1 heterocycles. The van der Waals surface area contributed by atoms with Gasteiger partial charge in [-0.05, 0) is 36.9 Å². The number of hydrogen-bond acceptors (Lipinski definition) is 2. The van der Waals surface area contributed by atoms with Gasteiger partial charge in [0.2, 0.25) is 0 Å². The number of hydrogen-bond donors (Lipinski definition) is 3. The van der Waals surface area contributed by atoms with Crippen LogP contribution in [0.5, 0.6) is 0 Å². The predicted octanol–water partition coefficient (Wildman–Crippen LogP) is 2.94. The number of nitrogens with two attached hydrogens (primary N) is 1. The summed E-state index contributed by atoms with van der Waals surface area (Å²) in [5.41, 5.74) is 9.75. The van der Waals surface area contributed by atoms with Crippen LogP contribution in [0.25, 0.3) is 10.9 Å². The molecule has 1 aromatic heterocycles. The van der Waals surface area contributed by atoms with Crippen LogP contribution in [0.3, 0.4) is 0 Å². The largest absolute Gasteiger partial charge is 0.358 e. The number of aromatic nitrogens is 1. The molecule has 0 bridgehead atoms. The first kappa shape index (κ1) is 14.1. The zero-order chi connectivity index (χ0) is 13.9. The van der Waals surface area contributed by atoms with E-state index in [1.54, 1.807) is 0 Å². The summed E-state index contributed by atoms with van der Waals surface area (Å²) in [5, 5.41) is 4.89. The molecule has 0 aliphatic rings. The first-order valence-electron chi connectivity index (χ1n) is 7.00. The van der Waals surface area contributed by atoms with Gasteiger partial charge in [0.15, 0.2) is 0 Å². The van der Waals surface area contributed by atoms with Crippen molar-refractivity contribution in [1.29, 1.82) is 0 Å². The maximum atomic E-state index is 5.65. The molecule has 0 radical (unpaired) electrons. The van der Waals surface area contributed by atoms with Gasteiger partial charge in [-0.25, -0.2) is 0 Å². The Morgan fingerprint density at radius 1 is 1.26 bits per heavy atom. The summed E-state index contributed by atoms with van der Waals surface area (Å²) in [4.78, 5) is 3.44. The second kappa shape index (κ2) is 5.76. The fraction of sp³-hybridized carbons (Fsp3) is 0.500. The second-order valence-corrected chi connectivity index (χ2v) is 6.08. The van der Waals surface area contributed by atoms with Crippen LogP contribution in [0.15, 0.2) is 24.3 Å². The zero-order valence-electron chi connectivity index (χ0n) is 12.2. The fourth-order valence-corrected chi connectivity index (χ4v) is 2.57. The number of H-pyrrole nitrogens is 1. The van der Waals surface area contributed by atoms with Crippen molar-refractivity contribution in [1.82, 2.24) is 10.3 Å². The zero-order valence-corrected chi connectivity index (χ0v) is 12.2. The molecule has 0 spiro atoms. The van der Waals surface area contributed by atoms with Crippen LogP contribution in [0.4, 0.5) is 0 Å². The van der Waals surface area contributed by atoms with E-state index in [-0.39, 0.29) is 5.41 Å². The summed E-state index contributed by atoms with van der Waals surface area (Å²) in [6.45, 7) is 9.31. The minimum absolute atomic E-state index is 0.259. The Labute approximate surface area is 115 Å². The number of aryl methyl sites for hydroxylation is 1. The Morgan fingerprint density at radius 2 is 2.00 bits per heavy atom. The monoisotopic (exact) mass is 259 g/mol. The van der Waals surface area contributed by atoms with Crippen LogP contribution in [0, 0.1) is 12.3 Å². The molecular formula is C16H25N3. The Hall–Kier alpha value is -1.32. The SMILES string of the molecule is Cc1[nH]c2ccccc2c1CNCC(C)(C)CCN. The standard InChI is InChI=1S/C16H25N3/c1-12-14(10-18-11-16(2,3)8-9-17)13-6-4-5-7-15(13)19-12/h4-7,18-19H,8-11,17H2,1-3H3. The van der Waals surface area contributed by atoms with Gasteiger partial charge >= 0.3 is 0 Å². The van der Waals surface area contributed by atoms with Crippen molar-refractivity contribution in [3.05, 3.63) is 35.5 Å². The van der Waals surface area contributed by atoms with Gasteiger partial charge in [-0.3, -0.25) is 0 Å². The van der Waals surface area contributed by atoms with E-state index in [1.807, 2.05) is 0 Å². The van der Waals surface area contributed by atoms with Gasteiger partial charge in [0, 0.05) is 29.7 Å². The van der Waals surface area contributed by atoms with Crippen molar-refractivity contribution < 1.29 is 0 Å². The first-order valence-corrected chi connectivity index (χ1v) is 7.00. The third-order valence-electron chi connectivity index (χ3n) is 3.75. The molecule has 2 rings (SSSR count). The van der Waals surface area contributed by atoms with Crippen molar-refractivity contribution in [3.63, 3.8) is 0 Å². The van der Waals surface area contributed by atoms with Gasteiger partial charge in [-0.2, -0.15) is 0 Å². The molecule has 0 aliphatic heterocycles. The number of aromatic amines is 1. The third kappa shape index (κ3) is 3.37. The average Bonchev–Trinajstić information content (AvgIpc) is 2.66. The summed E-state index contributed by atoms with van der Waals surface area (Å²) in [5.74, 6) is 0. The topological polar surface area (TPSA) is 53.8 Å². The number of fused-ring (bicyclic) bond motifs is 1. The molecule has 4 N–H and O–H groups in total. The van der Waals surface area contributed by atoms with E-state index >= 15 is 0 Å². The quantitative estimate of drug-likeness (QED) is 0.747. The van der Waals surface area contributed by atoms with Crippen molar-refractivity contribution in [3.8, 4) is 0 Å². The molecule has 0 atom stereocenters. The summed E-state index contributed by atoms with van der Waals surface area (Å²) in [6.07, 6.45) is 1.05. The van der Waals surface area contributed by atoms with Crippen molar-refractivity contribution >= 4 is 10.9 Å². The molecule has 2 aromatic rings. The Balaban J connectivity index is 2.04. The molecule has 1 aromatic carbocycles. The molecule has 0 unspecified atom stereocenters. The van der Waals surface area contributed by atoms with E-state index in [0.717, 1.165) is 26.1 Å². The highest BCUT2D eigenvalue weighted by Crippen LogP contribution is 2.22. The molecule has 0 saturated carbocycles. The lowest BCUT2D eigenvalue weighted by atomic mass is 9.89. The number of nitrogens with one attached hydrogen (secondary N) is 2. The molecule has 3 heteroatoms. The Bertz CT molecular complexity index is 540. The van der Waals surface area contributed by atoms with Crippen molar-refractivity contribution in [2.24, 2.45) is 11.1 Å². The van der Waals surface area contributed by atoms with Gasteiger partial charge in [-0.15, -0.1) is 0 Å². The normalized spacial score (nSPS) is 12.2. The maximum Gasteiger partial charge on any atom is 0.0459 e. The van der Waals surface area contributed by atoms with Crippen molar-refractivity contribution in [2.45, 2.75) is 33.7 Å². The van der Waals surface area contributed by atoms with Gasteiger partial charge in [0.1, 0.15) is 0 Å². The van der Waals surface area contributed by atoms with Gasteiger partial charge in [-0.1, -0.05) is 32.0 Å². The number of rotatable bonds is 6. The van der Waals surface area contributed by atoms with Gasteiger partial charge in [0.05, 0.1) is 0 Å². The van der Waals surface area contributed by atoms with Crippen LogP contribution >= 0.6 is 0 Å². The molecule has 104 valence electrons. The third-order valence-corrected chi connectivity index (χ3v) is 3.75. The highest BCUT2D eigenvalue weighted by Gasteiger charge is 2.16. The molecule has 0 aliphatic carbocycles. The maximum absolute atomic E-state index is 5.65. The predicted molar refractivity (Wildman–Crippen MR) is 82.2 cm³/mol. The van der Waals surface area contributed by atoms with E-state index in [2.05, 4.69) is 55.3 Å². The fourth-order valence-electron chi connectivity index (χ4n) is 2.57. The second-order valence-electron chi connectivity index (χ2n) is 6.08. The molecule has 19 heavy (non-hydrogen) atoms. The molecule has 3 nitrogen and oxygen atoms in total. The molecule has 0 fully saturated rings. The van der Waals surface area contributed by atoms with E-state index in [4.69, 9.17) is 5.73 Å². The van der Waals surface area contributed by atoms with Crippen LogP contribution in [-0.4, -0.2) is 18.1 Å². The molecular weight excluding hydrogens is 234 g/mol. The minimum atomic E-state index is 0.259. The molecule has 0 saturated heterocycles. The highest BCUT2D eigenvalue weighted by atomic mass is 14.9. The lowest BCUT2D eigenvalue weighted by Crippen LogP contribution is -2.31. The van der Waals surface area contributed by atoms with E-state index in [1.165, 1.54) is 22.2 Å². The summed E-state index contributed by atoms with van der Waals surface area (Å²) >= 11 is 0. The molecule has 0 amide bonds. The van der Waals surface area contributed by atoms with Crippen LogP contribution in [0.1, 0.15) is 31.5 Å². The highest BCUT2D eigenvalue weighted by molar-refractivity contribution is 5.84. The van der Waals surface area contributed by atoms with E-state index in [9.17, 15) is 0 Å². The Morgan fingerprint density at radius 3 is 2.74 bits per heavy atom. The Kier molecular flexibility index (Phi) is 4.27. The van der Waals surface area contributed by atoms with Gasteiger partial charge in [0.25, 0.3) is 0 Å². The first-order chi connectivity index (χ1) is 9.03. The average molecular weight is 259 g/mol. The number of para-hydroxylation sites is 1. The van der Waals surface area contributed by atoms with Crippen LogP contribution < -0.4 is 11.1 Å². The smallest absolute Gasteiger partial charge is 0.0459 e. The summed E-state index contributed by atoms with van der Waals surface area (Å²) in [6, 6.07) is 8.47. The van der Waals surface area contributed by atoms with Crippen LogP contribution in [-0.2, 0) is 6.54 Å². The van der Waals surface area contributed by atoms with Crippen molar-refractivity contribution in [2.75, 3.05) is 13.1 Å². The lowest BCUT2D eigenvalue weighted by molar-refractivity contribution is 0.319. The summed E-state index contributed by atoms with van der Waals surface area (Å²) in [7, 11) is 0. The van der Waals surface area contributed by atoms with Crippen LogP contribution in [0.2, 0.25) is 0 Å². The number of benzene rings is 1.